The zero-order valence-electron chi connectivity index (χ0n) is 14.6. The van der Waals surface area contributed by atoms with Crippen LogP contribution in [0, 0.1) is 5.92 Å². The van der Waals surface area contributed by atoms with Gasteiger partial charge in [-0.3, -0.25) is 4.79 Å². The van der Waals surface area contributed by atoms with Gasteiger partial charge in [0, 0.05) is 37.9 Å². The van der Waals surface area contributed by atoms with E-state index < -0.39 is 5.60 Å². The molecule has 4 rings (SSSR count). The van der Waals surface area contributed by atoms with E-state index in [0.29, 0.717) is 18.8 Å². The fourth-order valence-corrected chi connectivity index (χ4v) is 4.72. The summed E-state index contributed by atoms with van der Waals surface area (Å²) in [6.07, 6.45) is 8.17. The molecular weight excluding hydrogens is 314 g/mol. The number of amides is 1. The van der Waals surface area contributed by atoms with Crippen LogP contribution < -0.4 is 0 Å². The van der Waals surface area contributed by atoms with Crippen molar-refractivity contribution in [1.82, 2.24) is 14.5 Å². The SMILES string of the molecule is Cn1ccnc1C(=O)N1CC[C@](O)(c2ccccc2)[C@H]2CCCC[C@H]21. The van der Waals surface area contributed by atoms with Crippen molar-refractivity contribution < 1.29 is 9.90 Å². The molecule has 1 aromatic heterocycles. The van der Waals surface area contributed by atoms with Gasteiger partial charge in [0.05, 0.1) is 5.60 Å². The highest BCUT2D eigenvalue weighted by Crippen LogP contribution is 2.47. The van der Waals surface area contributed by atoms with E-state index in [1.165, 1.54) is 0 Å². The summed E-state index contributed by atoms with van der Waals surface area (Å²) in [5.41, 5.74) is 0.140. The minimum absolute atomic E-state index is 0.0143. The Bertz CT molecular complexity index is 757. The Hall–Kier alpha value is -2.14. The highest BCUT2D eigenvalue weighted by Gasteiger charge is 2.50. The lowest BCUT2D eigenvalue weighted by Gasteiger charge is -2.52. The first-order valence-electron chi connectivity index (χ1n) is 9.17. The number of piperidine rings is 1. The van der Waals surface area contributed by atoms with Gasteiger partial charge in [-0.25, -0.2) is 4.98 Å². The van der Waals surface area contributed by atoms with Crippen molar-refractivity contribution >= 4 is 5.91 Å². The van der Waals surface area contributed by atoms with E-state index in [2.05, 4.69) is 4.98 Å². The standard InChI is InChI=1S/C20H25N3O2/c1-22-14-12-21-18(22)19(24)23-13-11-20(25,15-7-3-2-4-8-15)16-9-5-6-10-17(16)23/h2-4,7-8,12,14,16-17,25H,5-6,9-11,13H2,1H3/t16-,17+,20-/m0/s1. The van der Waals surface area contributed by atoms with Crippen molar-refractivity contribution in [1.29, 1.82) is 0 Å². The summed E-state index contributed by atoms with van der Waals surface area (Å²) in [5, 5.41) is 11.6. The Balaban J connectivity index is 1.67. The van der Waals surface area contributed by atoms with E-state index in [1.54, 1.807) is 17.0 Å². The van der Waals surface area contributed by atoms with Gasteiger partial charge in [0.15, 0.2) is 5.82 Å². The van der Waals surface area contributed by atoms with Crippen LogP contribution in [0.2, 0.25) is 0 Å². The molecule has 1 saturated carbocycles. The molecular formula is C20H25N3O2. The molecule has 1 aromatic carbocycles. The van der Waals surface area contributed by atoms with Gasteiger partial charge in [-0.2, -0.15) is 0 Å². The quantitative estimate of drug-likeness (QED) is 0.915. The number of nitrogens with zero attached hydrogens (tertiary/aromatic N) is 3. The molecule has 2 aliphatic rings. The van der Waals surface area contributed by atoms with Gasteiger partial charge in [-0.15, -0.1) is 0 Å². The van der Waals surface area contributed by atoms with Crippen LogP contribution in [0.25, 0.3) is 0 Å². The number of imidazole rings is 1. The molecule has 0 spiro atoms. The summed E-state index contributed by atoms with van der Waals surface area (Å²) in [6, 6.07) is 10.1. The lowest BCUT2D eigenvalue weighted by Crippen LogP contribution is -2.59. The molecule has 5 nitrogen and oxygen atoms in total. The normalized spacial score (nSPS) is 29.3. The molecule has 2 heterocycles. The number of aliphatic hydroxyl groups is 1. The number of carbonyl (C=O) groups excluding carboxylic acids is 1. The van der Waals surface area contributed by atoms with Gasteiger partial charge in [0.2, 0.25) is 0 Å². The summed E-state index contributed by atoms with van der Waals surface area (Å²) in [7, 11) is 1.85. The van der Waals surface area contributed by atoms with E-state index in [4.69, 9.17) is 0 Å². The maximum Gasteiger partial charge on any atom is 0.290 e. The Morgan fingerprint density at radius 1 is 1.24 bits per heavy atom. The topological polar surface area (TPSA) is 58.4 Å². The number of carbonyl (C=O) groups is 1. The number of aryl methyl sites for hydroxylation is 1. The first-order valence-corrected chi connectivity index (χ1v) is 9.17. The lowest BCUT2D eigenvalue weighted by molar-refractivity contribution is -0.110. The van der Waals surface area contributed by atoms with Crippen molar-refractivity contribution in [2.45, 2.75) is 43.7 Å². The molecule has 25 heavy (non-hydrogen) atoms. The second-order valence-corrected chi connectivity index (χ2v) is 7.36. The third-order valence-electron chi connectivity index (χ3n) is 6.02. The van der Waals surface area contributed by atoms with Crippen LogP contribution in [0.5, 0.6) is 0 Å². The number of rotatable bonds is 2. The zero-order chi connectivity index (χ0) is 17.4. The maximum absolute atomic E-state index is 13.0. The number of aromatic nitrogens is 2. The van der Waals surface area contributed by atoms with Crippen LogP contribution in [0.3, 0.4) is 0 Å². The Kier molecular flexibility index (Phi) is 4.12. The van der Waals surface area contributed by atoms with Gasteiger partial charge in [0.25, 0.3) is 5.91 Å². The van der Waals surface area contributed by atoms with Crippen molar-refractivity contribution in [3.63, 3.8) is 0 Å². The van der Waals surface area contributed by atoms with E-state index in [1.807, 2.05) is 42.3 Å². The van der Waals surface area contributed by atoms with Gasteiger partial charge in [-0.1, -0.05) is 43.2 Å². The number of likely N-dealkylation sites (tertiary alicyclic amines) is 1. The fourth-order valence-electron chi connectivity index (χ4n) is 4.72. The molecule has 2 aromatic rings. The number of hydrogen-bond donors (Lipinski definition) is 1. The monoisotopic (exact) mass is 339 g/mol. The average molecular weight is 339 g/mol. The minimum Gasteiger partial charge on any atom is -0.385 e. The molecule has 1 saturated heterocycles. The molecule has 0 unspecified atom stereocenters. The molecule has 0 bridgehead atoms. The average Bonchev–Trinajstić information content (AvgIpc) is 3.08. The summed E-state index contributed by atoms with van der Waals surface area (Å²) < 4.78 is 1.78. The van der Waals surface area contributed by atoms with Crippen LogP contribution in [-0.4, -0.2) is 38.1 Å². The summed E-state index contributed by atoms with van der Waals surface area (Å²) in [5.74, 6) is 0.551. The molecule has 2 fully saturated rings. The first-order chi connectivity index (χ1) is 12.1. The Morgan fingerprint density at radius 3 is 2.72 bits per heavy atom. The van der Waals surface area contributed by atoms with Gasteiger partial charge >= 0.3 is 0 Å². The van der Waals surface area contributed by atoms with Gasteiger partial charge < -0.3 is 14.6 Å². The van der Waals surface area contributed by atoms with Gasteiger partial charge in [-0.05, 0) is 24.8 Å². The highest BCUT2D eigenvalue weighted by molar-refractivity contribution is 5.91. The summed E-state index contributed by atoms with van der Waals surface area (Å²) in [6.45, 7) is 0.568. The number of benzene rings is 1. The summed E-state index contributed by atoms with van der Waals surface area (Å²) >= 11 is 0. The predicted molar refractivity (Wildman–Crippen MR) is 94.9 cm³/mol. The van der Waals surface area contributed by atoms with Crippen LogP contribution in [-0.2, 0) is 12.6 Å². The second kappa shape index (κ2) is 6.30. The van der Waals surface area contributed by atoms with Crippen LogP contribution in [0.4, 0.5) is 0 Å². The van der Waals surface area contributed by atoms with Crippen molar-refractivity contribution in [2.24, 2.45) is 13.0 Å². The fraction of sp³-hybridized carbons (Fsp3) is 0.500. The van der Waals surface area contributed by atoms with E-state index in [-0.39, 0.29) is 17.9 Å². The lowest BCUT2D eigenvalue weighted by atomic mass is 9.66. The highest BCUT2D eigenvalue weighted by atomic mass is 16.3. The van der Waals surface area contributed by atoms with E-state index in [9.17, 15) is 9.90 Å². The predicted octanol–water partition coefficient (Wildman–Crippen LogP) is 2.71. The van der Waals surface area contributed by atoms with Gasteiger partial charge in [0.1, 0.15) is 0 Å². The van der Waals surface area contributed by atoms with Crippen molar-refractivity contribution in [2.75, 3.05) is 6.54 Å². The third-order valence-corrected chi connectivity index (χ3v) is 6.02. The third kappa shape index (κ3) is 2.67. The molecule has 132 valence electrons. The Labute approximate surface area is 148 Å². The van der Waals surface area contributed by atoms with Crippen LogP contribution in [0.1, 0.15) is 48.3 Å². The largest absolute Gasteiger partial charge is 0.385 e. The molecule has 5 heteroatoms. The first kappa shape index (κ1) is 16.3. The van der Waals surface area contributed by atoms with Crippen LogP contribution >= 0.6 is 0 Å². The number of fused-ring (bicyclic) bond motifs is 1. The second-order valence-electron chi connectivity index (χ2n) is 7.36. The molecule has 1 aliphatic carbocycles. The summed E-state index contributed by atoms with van der Waals surface area (Å²) in [4.78, 5) is 19.2. The maximum atomic E-state index is 13.0. The molecule has 1 aliphatic heterocycles. The van der Waals surface area contributed by atoms with E-state index >= 15 is 0 Å². The van der Waals surface area contributed by atoms with Crippen molar-refractivity contribution in [3.8, 4) is 0 Å². The van der Waals surface area contributed by atoms with Crippen molar-refractivity contribution in [3.05, 3.63) is 54.1 Å². The molecule has 0 radical (unpaired) electrons. The smallest absolute Gasteiger partial charge is 0.290 e. The minimum atomic E-state index is -0.842. The Morgan fingerprint density at radius 2 is 2.00 bits per heavy atom. The number of hydrogen-bond acceptors (Lipinski definition) is 3. The molecule has 1 amide bonds. The molecule has 1 N–H and O–H groups in total. The zero-order valence-corrected chi connectivity index (χ0v) is 14.6. The molecule has 3 atom stereocenters. The van der Waals surface area contributed by atoms with E-state index in [0.717, 1.165) is 31.2 Å². The van der Waals surface area contributed by atoms with Crippen LogP contribution in [0.15, 0.2) is 42.7 Å².